The SMILES string of the molecule is CC(C)NC1([SiH3])CCCC1(NC(C)C)NC(C)C. The summed E-state index contributed by atoms with van der Waals surface area (Å²) in [4.78, 5) is 0. The minimum Gasteiger partial charge on any atom is -0.310 e. The lowest BCUT2D eigenvalue weighted by Crippen LogP contribution is -2.76. The number of hydrogen-bond donors (Lipinski definition) is 3. The Bertz CT molecular complexity index is 256. The maximum Gasteiger partial charge on any atom is 0.0839 e. The zero-order chi connectivity index (χ0) is 14.0. The van der Waals surface area contributed by atoms with E-state index in [4.69, 9.17) is 0 Å². The Hall–Kier alpha value is 0.0969. The summed E-state index contributed by atoms with van der Waals surface area (Å²) in [5, 5.41) is 11.8. The van der Waals surface area contributed by atoms with Crippen LogP contribution in [-0.2, 0) is 0 Å². The lowest BCUT2D eigenvalue weighted by atomic mass is 9.99. The minimum atomic E-state index is 0.0752. The van der Waals surface area contributed by atoms with Gasteiger partial charge in [-0.3, -0.25) is 10.6 Å². The fourth-order valence-electron chi connectivity index (χ4n) is 3.52. The van der Waals surface area contributed by atoms with Crippen molar-refractivity contribution in [3.8, 4) is 0 Å². The summed E-state index contributed by atoms with van der Waals surface area (Å²) in [7, 11) is 1.16. The van der Waals surface area contributed by atoms with E-state index in [2.05, 4.69) is 57.5 Å². The molecule has 18 heavy (non-hydrogen) atoms. The molecule has 0 aliphatic heterocycles. The molecule has 0 heterocycles. The first-order valence-electron chi connectivity index (χ1n) is 7.54. The van der Waals surface area contributed by atoms with Gasteiger partial charge in [0.25, 0.3) is 0 Å². The molecule has 1 aliphatic rings. The van der Waals surface area contributed by atoms with E-state index in [0.717, 1.165) is 10.2 Å². The molecule has 0 saturated heterocycles. The highest BCUT2D eigenvalue weighted by atomic mass is 28.1. The largest absolute Gasteiger partial charge is 0.310 e. The Kier molecular flexibility index (Phi) is 5.41. The van der Waals surface area contributed by atoms with Crippen LogP contribution in [0.25, 0.3) is 0 Å². The average molecular weight is 272 g/mol. The van der Waals surface area contributed by atoms with Gasteiger partial charge in [0.15, 0.2) is 0 Å². The molecule has 0 aromatic heterocycles. The van der Waals surface area contributed by atoms with Gasteiger partial charge < -0.3 is 5.32 Å². The summed E-state index contributed by atoms with van der Waals surface area (Å²) in [5.74, 6) is 0. The zero-order valence-corrected chi connectivity index (χ0v) is 15.4. The van der Waals surface area contributed by atoms with Crippen molar-refractivity contribution in [3.63, 3.8) is 0 Å². The third kappa shape index (κ3) is 3.56. The molecule has 1 saturated carbocycles. The molecule has 1 rings (SSSR count). The van der Waals surface area contributed by atoms with E-state index in [-0.39, 0.29) is 10.8 Å². The molecule has 0 spiro atoms. The molecular formula is C14H33N3Si. The van der Waals surface area contributed by atoms with Crippen LogP contribution in [0.1, 0.15) is 60.8 Å². The first-order chi connectivity index (χ1) is 8.21. The van der Waals surface area contributed by atoms with E-state index in [9.17, 15) is 0 Å². The minimum absolute atomic E-state index is 0.0752. The van der Waals surface area contributed by atoms with Crippen molar-refractivity contribution in [3.05, 3.63) is 0 Å². The summed E-state index contributed by atoms with van der Waals surface area (Å²) < 4.78 is 0. The van der Waals surface area contributed by atoms with Crippen LogP contribution in [0.5, 0.6) is 0 Å². The topological polar surface area (TPSA) is 36.1 Å². The van der Waals surface area contributed by atoms with Gasteiger partial charge in [-0.2, -0.15) is 0 Å². The van der Waals surface area contributed by atoms with Gasteiger partial charge in [0.05, 0.1) is 5.66 Å². The molecule has 3 nitrogen and oxygen atoms in total. The molecule has 1 fully saturated rings. The summed E-state index contributed by atoms with van der Waals surface area (Å²) >= 11 is 0. The van der Waals surface area contributed by atoms with Gasteiger partial charge in [-0.15, -0.1) is 0 Å². The fourth-order valence-corrected chi connectivity index (χ4v) is 4.99. The fraction of sp³-hybridized carbons (Fsp3) is 1.00. The lowest BCUT2D eigenvalue weighted by molar-refractivity contribution is 0.148. The van der Waals surface area contributed by atoms with E-state index >= 15 is 0 Å². The first kappa shape index (κ1) is 16.2. The smallest absolute Gasteiger partial charge is 0.0839 e. The molecule has 4 heteroatoms. The molecule has 1 aliphatic carbocycles. The van der Waals surface area contributed by atoms with Crippen LogP contribution in [0.15, 0.2) is 0 Å². The summed E-state index contributed by atoms with van der Waals surface area (Å²) in [6.45, 7) is 13.5. The van der Waals surface area contributed by atoms with Gasteiger partial charge in [-0.05, 0) is 47.0 Å². The van der Waals surface area contributed by atoms with E-state index in [1.165, 1.54) is 19.3 Å². The Balaban J connectivity index is 2.98. The van der Waals surface area contributed by atoms with Crippen molar-refractivity contribution in [1.82, 2.24) is 16.0 Å². The Morgan fingerprint density at radius 2 is 1.22 bits per heavy atom. The third-order valence-corrected chi connectivity index (χ3v) is 5.49. The monoisotopic (exact) mass is 271 g/mol. The highest BCUT2D eigenvalue weighted by Gasteiger charge is 2.51. The summed E-state index contributed by atoms with van der Waals surface area (Å²) in [6, 6.07) is 1.57. The molecule has 1 unspecified atom stereocenters. The van der Waals surface area contributed by atoms with Crippen LogP contribution in [-0.4, -0.2) is 39.2 Å². The predicted octanol–water partition coefficient (Wildman–Crippen LogP) is 0.922. The van der Waals surface area contributed by atoms with Crippen LogP contribution in [0.4, 0.5) is 0 Å². The van der Waals surface area contributed by atoms with Crippen molar-refractivity contribution in [2.75, 3.05) is 0 Å². The standard InChI is InChI=1S/C14H33N3Si/c1-10(2)15-13(16-11(3)4)8-7-9-14(13,18)17-12(5)6/h10-12,15-17H,7-9H2,1-6,18H3. The molecule has 0 radical (unpaired) electrons. The van der Waals surface area contributed by atoms with Crippen molar-refractivity contribution in [2.24, 2.45) is 0 Å². The highest BCUT2D eigenvalue weighted by molar-refractivity contribution is 6.16. The Morgan fingerprint density at radius 1 is 0.778 bits per heavy atom. The molecule has 108 valence electrons. The Labute approximate surface area is 116 Å². The number of rotatable bonds is 6. The van der Waals surface area contributed by atoms with Crippen molar-refractivity contribution in [1.29, 1.82) is 0 Å². The quantitative estimate of drug-likeness (QED) is 0.497. The van der Waals surface area contributed by atoms with Gasteiger partial charge in [0, 0.05) is 33.5 Å². The molecule has 0 aromatic rings. The molecule has 0 amide bonds. The maximum atomic E-state index is 3.86. The molecule has 3 N–H and O–H groups in total. The van der Waals surface area contributed by atoms with Crippen molar-refractivity contribution >= 4 is 10.2 Å². The lowest BCUT2D eigenvalue weighted by Gasteiger charge is -2.49. The first-order valence-corrected chi connectivity index (χ1v) is 8.54. The number of hydrogen-bond acceptors (Lipinski definition) is 3. The van der Waals surface area contributed by atoms with Crippen LogP contribution < -0.4 is 16.0 Å². The normalized spacial score (nSPS) is 27.8. The van der Waals surface area contributed by atoms with Gasteiger partial charge in [0.2, 0.25) is 0 Å². The average Bonchev–Trinajstić information content (AvgIpc) is 2.39. The van der Waals surface area contributed by atoms with Crippen LogP contribution in [0, 0.1) is 0 Å². The highest BCUT2D eigenvalue weighted by Crippen LogP contribution is 2.36. The van der Waals surface area contributed by atoms with Crippen LogP contribution in [0.3, 0.4) is 0 Å². The van der Waals surface area contributed by atoms with Crippen molar-refractivity contribution in [2.45, 2.75) is 89.8 Å². The van der Waals surface area contributed by atoms with Crippen LogP contribution >= 0.6 is 0 Å². The maximum absolute atomic E-state index is 3.86. The van der Waals surface area contributed by atoms with Crippen molar-refractivity contribution < 1.29 is 0 Å². The van der Waals surface area contributed by atoms with E-state index in [1.54, 1.807) is 0 Å². The van der Waals surface area contributed by atoms with E-state index < -0.39 is 0 Å². The van der Waals surface area contributed by atoms with E-state index in [1.807, 2.05) is 0 Å². The Morgan fingerprint density at radius 3 is 1.61 bits per heavy atom. The molecule has 1 atom stereocenters. The predicted molar refractivity (Wildman–Crippen MR) is 84.1 cm³/mol. The second-order valence-corrected chi connectivity index (χ2v) is 8.70. The molecule has 0 bridgehead atoms. The number of nitrogens with one attached hydrogen (secondary N) is 3. The zero-order valence-electron chi connectivity index (χ0n) is 13.4. The summed E-state index contributed by atoms with van der Waals surface area (Å²) in [5.41, 5.74) is 0.0752. The van der Waals surface area contributed by atoms with Gasteiger partial charge in [-0.25, -0.2) is 0 Å². The second kappa shape index (κ2) is 6.03. The van der Waals surface area contributed by atoms with Gasteiger partial charge >= 0.3 is 0 Å². The van der Waals surface area contributed by atoms with E-state index in [0.29, 0.717) is 18.1 Å². The van der Waals surface area contributed by atoms with Gasteiger partial charge in [0.1, 0.15) is 0 Å². The second-order valence-electron chi connectivity index (χ2n) is 6.99. The third-order valence-electron chi connectivity index (χ3n) is 3.85. The molecular weight excluding hydrogens is 238 g/mol. The molecule has 0 aromatic carbocycles. The van der Waals surface area contributed by atoms with Gasteiger partial charge in [-0.1, -0.05) is 13.8 Å². The summed E-state index contributed by atoms with van der Waals surface area (Å²) in [6.07, 6.45) is 3.83. The van der Waals surface area contributed by atoms with Crippen LogP contribution in [0.2, 0.25) is 0 Å².